The van der Waals surface area contributed by atoms with Crippen molar-refractivity contribution >= 4 is 16.9 Å². The van der Waals surface area contributed by atoms with Crippen LogP contribution in [0, 0.1) is 17.5 Å². The zero-order valence-electron chi connectivity index (χ0n) is 23.9. The highest BCUT2D eigenvalue weighted by Gasteiger charge is 2.44. The number of aliphatic hydroxyl groups excluding tert-OH is 1. The molecule has 2 atom stereocenters. The van der Waals surface area contributed by atoms with Crippen LogP contribution in [0.15, 0.2) is 85.2 Å². The number of H-pyrrole nitrogens is 1. The van der Waals surface area contributed by atoms with Crippen LogP contribution in [0.25, 0.3) is 22.2 Å². The second kappa shape index (κ2) is 12.1. The number of hydrogen-bond donors (Lipinski definition) is 4. The fourth-order valence-electron chi connectivity index (χ4n) is 5.65. The monoisotopic (exact) mass is 600 g/mol. The maximum absolute atomic E-state index is 15.1. The number of carbonyl (C=O) groups excluding carboxylic acids is 1. The third-order valence-electron chi connectivity index (χ3n) is 8.16. The van der Waals surface area contributed by atoms with Gasteiger partial charge in [0.1, 0.15) is 28.8 Å². The Morgan fingerprint density at radius 3 is 2.59 bits per heavy atom. The van der Waals surface area contributed by atoms with Crippen molar-refractivity contribution in [3.63, 3.8) is 0 Å². The van der Waals surface area contributed by atoms with E-state index >= 15 is 4.39 Å². The average molecular weight is 601 g/mol. The van der Waals surface area contributed by atoms with Gasteiger partial charge in [-0.3, -0.25) is 4.79 Å². The van der Waals surface area contributed by atoms with Gasteiger partial charge in [-0.05, 0) is 90.0 Å². The molecule has 44 heavy (non-hydrogen) atoms. The first kappa shape index (κ1) is 29.4. The van der Waals surface area contributed by atoms with Gasteiger partial charge >= 0.3 is 0 Å². The molecule has 1 saturated carbocycles. The lowest BCUT2D eigenvalue weighted by Gasteiger charge is -2.27. The lowest BCUT2D eigenvalue weighted by atomic mass is 9.98. The number of amides is 1. The molecule has 1 aliphatic rings. The first-order chi connectivity index (χ1) is 21.2. The number of carbonyl (C=O) groups is 1. The van der Waals surface area contributed by atoms with Crippen LogP contribution >= 0.6 is 0 Å². The summed E-state index contributed by atoms with van der Waals surface area (Å²) in [7, 11) is 1.59. The standard InChI is InChI=1S/C34H31F3N4O3/c1-44-25-4-2-3-22(17-25)34(9-10-34)40-19-31(42)30(15-20-13-23(35)18-24(36)14-20)41-33(43)28-16-21(5-6-29(28)37)26-7-11-38-32-27(26)8-12-39-32/h2-8,11-14,16-18,30-31,40,42H,9-10,15,19H2,1H3,(H,38,39)(H,41,43)/t30-,31+/m0/s1. The van der Waals surface area contributed by atoms with Crippen LogP contribution in [-0.2, 0) is 12.0 Å². The largest absolute Gasteiger partial charge is 0.497 e. The smallest absolute Gasteiger partial charge is 0.254 e. The molecule has 1 fully saturated rings. The number of halogens is 3. The summed E-state index contributed by atoms with van der Waals surface area (Å²) >= 11 is 0. The van der Waals surface area contributed by atoms with Crippen molar-refractivity contribution in [2.45, 2.75) is 36.9 Å². The molecule has 226 valence electrons. The summed E-state index contributed by atoms with van der Waals surface area (Å²) in [5.41, 5.74) is 2.65. The molecule has 4 N–H and O–H groups in total. The summed E-state index contributed by atoms with van der Waals surface area (Å²) in [4.78, 5) is 20.9. The molecule has 0 bridgehead atoms. The topological polar surface area (TPSA) is 99.3 Å². The van der Waals surface area contributed by atoms with Crippen molar-refractivity contribution in [2.75, 3.05) is 13.7 Å². The molecule has 5 aromatic rings. The van der Waals surface area contributed by atoms with Crippen molar-refractivity contribution < 1.29 is 27.8 Å². The molecule has 2 heterocycles. The molecular formula is C34H31F3N4O3. The molecule has 1 amide bonds. The van der Waals surface area contributed by atoms with Gasteiger partial charge in [-0.25, -0.2) is 18.2 Å². The molecule has 1 aliphatic carbocycles. The molecule has 0 aliphatic heterocycles. The Hall–Kier alpha value is -4.67. The summed E-state index contributed by atoms with van der Waals surface area (Å²) in [6, 6.07) is 17.5. The second-order valence-electron chi connectivity index (χ2n) is 11.1. The van der Waals surface area contributed by atoms with Crippen LogP contribution in [0.2, 0.25) is 0 Å². The Morgan fingerprint density at radius 1 is 1.05 bits per heavy atom. The molecule has 3 aromatic carbocycles. The lowest BCUT2D eigenvalue weighted by molar-refractivity contribution is 0.0818. The molecular weight excluding hydrogens is 569 g/mol. The quantitative estimate of drug-likeness (QED) is 0.157. The normalized spacial score (nSPS) is 15.1. The van der Waals surface area contributed by atoms with E-state index in [9.17, 15) is 18.7 Å². The average Bonchev–Trinajstić information content (AvgIpc) is 3.66. The zero-order chi connectivity index (χ0) is 30.8. The van der Waals surface area contributed by atoms with Crippen molar-refractivity contribution in [3.05, 3.63) is 119 Å². The third-order valence-corrected chi connectivity index (χ3v) is 8.16. The van der Waals surface area contributed by atoms with Gasteiger partial charge in [0.2, 0.25) is 0 Å². The molecule has 0 saturated heterocycles. The summed E-state index contributed by atoms with van der Waals surface area (Å²) in [5, 5.41) is 18.3. The highest BCUT2D eigenvalue weighted by molar-refractivity contribution is 5.98. The van der Waals surface area contributed by atoms with Gasteiger partial charge in [-0.2, -0.15) is 0 Å². The minimum Gasteiger partial charge on any atom is -0.497 e. The van der Waals surface area contributed by atoms with Gasteiger partial charge in [0, 0.05) is 35.9 Å². The second-order valence-corrected chi connectivity index (χ2v) is 11.1. The molecule has 0 radical (unpaired) electrons. The number of aliphatic hydroxyl groups is 1. The summed E-state index contributed by atoms with van der Waals surface area (Å²) in [6.07, 6.45) is 3.76. The third kappa shape index (κ3) is 6.17. The summed E-state index contributed by atoms with van der Waals surface area (Å²) in [5.74, 6) is -2.36. The number of aromatic nitrogens is 2. The van der Waals surface area contributed by atoms with Crippen molar-refractivity contribution in [3.8, 4) is 16.9 Å². The van der Waals surface area contributed by atoms with E-state index in [0.717, 1.165) is 47.6 Å². The number of hydrogen-bond acceptors (Lipinski definition) is 5. The molecule has 0 spiro atoms. The number of pyridine rings is 1. The molecule has 2 aromatic heterocycles. The predicted octanol–water partition coefficient (Wildman–Crippen LogP) is 5.64. The number of fused-ring (bicyclic) bond motifs is 1. The Labute approximate surface area is 252 Å². The highest BCUT2D eigenvalue weighted by Crippen LogP contribution is 2.46. The van der Waals surface area contributed by atoms with Crippen LogP contribution in [0.5, 0.6) is 5.75 Å². The Bertz CT molecular complexity index is 1800. The molecule has 6 rings (SSSR count). The van der Waals surface area contributed by atoms with E-state index in [-0.39, 0.29) is 29.6 Å². The van der Waals surface area contributed by atoms with Gasteiger partial charge in [0.15, 0.2) is 0 Å². The Balaban J connectivity index is 1.25. The van der Waals surface area contributed by atoms with E-state index < -0.39 is 35.5 Å². The number of methoxy groups -OCH3 is 1. The Morgan fingerprint density at radius 2 is 1.84 bits per heavy atom. The number of rotatable bonds is 11. The van der Waals surface area contributed by atoms with Gasteiger partial charge < -0.3 is 25.5 Å². The van der Waals surface area contributed by atoms with Crippen LogP contribution in [0.3, 0.4) is 0 Å². The molecule has 10 heteroatoms. The van der Waals surface area contributed by atoms with E-state index in [1.54, 1.807) is 31.6 Å². The number of nitrogens with zero attached hydrogens (tertiary/aromatic N) is 1. The van der Waals surface area contributed by atoms with Crippen LogP contribution < -0.4 is 15.4 Å². The number of ether oxygens (including phenoxy) is 1. The van der Waals surface area contributed by atoms with Crippen LogP contribution in [0.1, 0.15) is 34.3 Å². The number of benzene rings is 3. The van der Waals surface area contributed by atoms with E-state index in [2.05, 4.69) is 20.6 Å². The fraction of sp³-hybridized carbons (Fsp3) is 0.235. The van der Waals surface area contributed by atoms with Crippen molar-refractivity contribution in [1.29, 1.82) is 0 Å². The van der Waals surface area contributed by atoms with Crippen LogP contribution in [0.4, 0.5) is 13.2 Å². The van der Waals surface area contributed by atoms with Crippen LogP contribution in [-0.4, -0.2) is 46.8 Å². The first-order valence-electron chi connectivity index (χ1n) is 14.3. The zero-order valence-corrected chi connectivity index (χ0v) is 23.9. The minimum atomic E-state index is -1.18. The van der Waals surface area contributed by atoms with E-state index in [0.29, 0.717) is 17.0 Å². The fourth-order valence-corrected chi connectivity index (χ4v) is 5.65. The predicted molar refractivity (Wildman–Crippen MR) is 161 cm³/mol. The van der Waals surface area contributed by atoms with Gasteiger partial charge in [0.25, 0.3) is 5.91 Å². The number of nitrogens with one attached hydrogen (secondary N) is 3. The summed E-state index contributed by atoms with van der Waals surface area (Å²) < 4.78 is 48.5. The van der Waals surface area contributed by atoms with E-state index in [4.69, 9.17) is 4.74 Å². The lowest BCUT2D eigenvalue weighted by Crippen LogP contribution is -2.50. The van der Waals surface area contributed by atoms with Gasteiger partial charge in [-0.15, -0.1) is 0 Å². The summed E-state index contributed by atoms with van der Waals surface area (Å²) in [6.45, 7) is 0.0605. The Kier molecular flexibility index (Phi) is 8.11. The highest BCUT2D eigenvalue weighted by atomic mass is 19.1. The van der Waals surface area contributed by atoms with E-state index in [1.807, 2.05) is 30.3 Å². The SMILES string of the molecule is COc1cccc(C2(NC[C@@H](O)[C@H](Cc3cc(F)cc(F)c3)NC(=O)c3cc(-c4ccnc5[nH]ccc45)ccc3F)CC2)c1. The maximum atomic E-state index is 15.1. The number of aromatic amines is 1. The molecule has 7 nitrogen and oxygen atoms in total. The van der Waals surface area contributed by atoms with Gasteiger partial charge in [-0.1, -0.05) is 18.2 Å². The maximum Gasteiger partial charge on any atom is 0.254 e. The minimum absolute atomic E-state index is 0.0605. The van der Waals surface area contributed by atoms with Crippen molar-refractivity contribution in [1.82, 2.24) is 20.6 Å². The van der Waals surface area contributed by atoms with Gasteiger partial charge in [0.05, 0.1) is 24.8 Å². The molecule has 0 unspecified atom stereocenters. The first-order valence-corrected chi connectivity index (χ1v) is 14.3. The van der Waals surface area contributed by atoms with E-state index in [1.165, 1.54) is 12.1 Å². The van der Waals surface area contributed by atoms with Crippen molar-refractivity contribution in [2.24, 2.45) is 0 Å².